The molecular weight excluding hydrogens is 474 g/mol. The number of hydrogen-bond acceptors (Lipinski definition) is 7. The number of rotatable bonds is 7. The first kappa shape index (κ1) is 25.5. The molecule has 1 saturated heterocycles. The Morgan fingerprint density at radius 2 is 1.59 bits per heavy atom. The molecule has 1 fully saturated rings. The van der Waals surface area contributed by atoms with Crippen LogP contribution < -0.4 is 9.47 Å². The molecular formula is C29H27NO7. The zero-order chi connectivity index (χ0) is 26.7. The van der Waals surface area contributed by atoms with E-state index in [1.165, 1.54) is 19.1 Å². The lowest BCUT2D eigenvalue weighted by Crippen LogP contribution is -2.29. The molecule has 37 heavy (non-hydrogen) atoms. The highest BCUT2D eigenvalue weighted by Crippen LogP contribution is 2.41. The molecule has 1 N–H and O–H groups in total. The van der Waals surface area contributed by atoms with E-state index < -0.39 is 23.7 Å². The Morgan fingerprint density at radius 1 is 0.919 bits per heavy atom. The summed E-state index contributed by atoms with van der Waals surface area (Å²) in [5.41, 5.74) is 2.77. The van der Waals surface area contributed by atoms with E-state index in [1.54, 1.807) is 80.8 Å². The van der Waals surface area contributed by atoms with Crippen molar-refractivity contribution in [2.75, 3.05) is 21.3 Å². The second-order valence-corrected chi connectivity index (χ2v) is 8.57. The molecule has 4 rings (SSSR count). The van der Waals surface area contributed by atoms with Crippen LogP contribution in [0.1, 0.15) is 38.7 Å². The maximum atomic E-state index is 13.3. The molecule has 0 radical (unpaired) electrons. The molecule has 3 aromatic carbocycles. The van der Waals surface area contributed by atoms with Crippen molar-refractivity contribution < 1.29 is 33.7 Å². The van der Waals surface area contributed by atoms with E-state index in [0.29, 0.717) is 39.3 Å². The fourth-order valence-electron chi connectivity index (χ4n) is 4.44. The minimum absolute atomic E-state index is 0.0160. The summed E-state index contributed by atoms with van der Waals surface area (Å²) >= 11 is 0. The number of carbonyl (C=O) groups is 3. The van der Waals surface area contributed by atoms with Gasteiger partial charge in [-0.05, 0) is 66.1 Å². The molecule has 1 aliphatic heterocycles. The predicted octanol–water partition coefficient (Wildman–Crippen LogP) is 4.42. The highest BCUT2D eigenvalue weighted by molar-refractivity contribution is 6.46. The summed E-state index contributed by atoms with van der Waals surface area (Å²) in [6.45, 7) is 1.86. The number of ketones is 1. The van der Waals surface area contributed by atoms with Crippen molar-refractivity contribution in [3.63, 3.8) is 0 Å². The topological polar surface area (TPSA) is 102 Å². The Labute approximate surface area is 214 Å². The van der Waals surface area contributed by atoms with E-state index >= 15 is 0 Å². The number of aliphatic hydroxyl groups is 1. The largest absolute Gasteiger partial charge is 0.507 e. The number of carbonyl (C=O) groups excluding carboxylic acids is 3. The molecule has 1 aliphatic rings. The summed E-state index contributed by atoms with van der Waals surface area (Å²) in [5, 5.41) is 11.4. The number of hydrogen-bond donors (Lipinski definition) is 1. The Bertz CT molecular complexity index is 1390. The van der Waals surface area contributed by atoms with Gasteiger partial charge in [0.1, 0.15) is 17.3 Å². The molecule has 190 valence electrons. The molecule has 0 spiro atoms. The van der Waals surface area contributed by atoms with Crippen LogP contribution >= 0.6 is 0 Å². The molecule has 1 heterocycles. The first-order chi connectivity index (χ1) is 17.8. The number of ether oxygens (including phenoxy) is 3. The van der Waals surface area contributed by atoms with Gasteiger partial charge in [0.25, 0.3) is 11.7 Å². The van der Waals surface area contributed by atoms with Crippen LogP contribution in [0.2, 0.25) is 0 Å². The predicted molar refractivity (Wildman–Crippen MR) is 136 cm³/mol. The quantitative estimate of drug-likeness (QED) is 0.221. The summed E-state index contributed by atoms with van der Waals surface area (Å²) in [5.74, 6) is -1.11. The van der Waals surface area contributed by atoms with Crippen LogP contribution in [0.15, 0.2) is 72.3 Å². The Morgan fingerprint density at radius 3 is 2.22 bits per heavy atom. The molecule has 0 bridgehead atoms. The van der Waals surface area contributed by atoms with Crippen LogP contribution in [-0.2, 0) is 20.9 Å². The second-order valence-electron chi connectivity index (χ2n) is 8.57. The van der Waals surface area contributed by atoms with E-state index in [9.17, 15) is 19.5 Å². The van der Waals surface area contributed by atoms with Gasteiger partial charge in [-0.15, -0.1) is 0 Å². The van der Waals surface area contributed by atoms with E-state index in [0.717, 1.165) is 0 Å². The summed E-state index contributed by atoms with van der Waals surface area (Å²) < 4.78 is 15.4. The number of amides is 1. The van der Waals surface area contributed by atoms with Crippen LogP contribution in [0.25, 0.3) is 5.76 Å². The highest BCUT2D eigenvalue weighted by Gasteiger charge is 2.46. The number of benzene rings is 3. The van der Waals surface area contributed by atoms with Crippen LogP contribution in [0, 0.1) is 6.92 Å². The number of nitrogens with zero attached hydrogens (tertiary/aromatic N) is 1. The molecule has 1 atom stereocenters. The normalized spacial score (nSPS) is 16.5. The number of aliphatic hydroxyl groups excluding tert-OH is 1. The van der Waals surface area contributed by atoms with Crippen molar-refractivity contribution in [1.29, 1.82) is 0 Å². The van der Waals surface area contributed by atoms with Gasteiger partial charge in [-0.25, -0.2) is 4.79 Å². The average Bonchev–Trinajstić information content (AvgIpc) is 3.17. The summed E-state index contributed by atoms with van der Waals surface area (Å²) in [6.07, 6.45) is 0. The SMILES string of the molecule is COC(=O)c1ccc(CN2C(=O)C(=O)/C(=C(\O)c3ccc(OC)cc3C)C2c2cccc(OC)c2)cc1. The Hall–Kier alpha value is -4.59. The van der Waals surface area contributed by atoms with Crippen LogP contribution in [0.3, 0.4) is 0 Å². The number of methoxy groups -OCH3 is 3. The van der Waals surface area contributed by atoms with Crippen LogP contribution in [0.5, 0.6) is 11.5 Å². The average molecular weight is 502 g/mol. The Balaban J connectivity index is 1.83. The number of aryl methyl sites for hydroxylation is 1. The fourth-order valence-corrected chi connectivity index (χ4v) is 4.44. The first-order valence-corrected chi connectivity index (χ1v) is 11.5. The monoisotopic (exact) mass is 501 g/mol. The third-order valence-electron chi connectivity index (χ3n) is 6.37. The molecule has 8 heteroatoms. The molecule has 0 aromatic heterocycles. The molecule has 0 saturated carbocycles. The second kappa shape index (κ2) is 10.6. The van der Waals surface area contributed by atoms with E-state index in [2.05, 4.69) is 0 Å². The standard InChI is InChI=1S/C29H27NO7/c1-17-14-22(36-3)12-13-23(17)26(31)24-25(20-6-5-7-21(15-20)35-2)30(28(33)27(24)32)16-18-8-10-19(11-9-18)29(34)37-4/h5-15,25,31H,16H2,1-4H3/b26-24-. The van der Waals surface area contributed by atoms with Crippen molar-refractivity contribution in [3.8, 4) is 11.5 Å². The number of Topliss-reactive ketones (excluding diaryl/α,β-unsaturated/α-hetero) is 1. The van der Waals surface area contributed by atoms with Crippen molar-refractivity contribution in [1.82, 2.24) is 4.90 Å². The van der Waals surface area contributed by atoms with Crippen LogP contribution in [-0.4, -0.2) is 49.0 Å². The lowest BCUT2D eigenvalue weighted by molar-refractivity contribution is -0.140. The zero-order valence-electron chi connectivity index (χ0n) is 21.0. The minimum atomic E-state index is -0.864. The van der Waals surface area contributed by atoms with Gasteiger partial charge in [0.05, 0.1) is 38.5 Å². The molecule has 1 unspecified atom stereocenters. The van der Waals surface area contributed by atoms with Crippen molar-refractivity contribution in [2.45, 2.75) is 19.5 Å². The van der Waals surface area contributed by atoms with E-state index in [4.69, 9.17) is 14.2 Å². The van der Waals surface area contributed by atoms with Gasteiger partial charge in [0, 0.05) is 12.1 Å². The molecule has 0 aliphatic carbocycles. The Kier molecular flexibility index (Phi) is 7.29. The highest BCUT2D eigenvalue weighted by atomic mass is 16.5. The fraction of sp³-hybridized carbons (Fsp3) is 0.207. The van der Waals surface area contributed by atoms with E-state index in [1.807, 2.05) is 0 Å². The number of esters is 1. The summed E-state index contributed by atoms with van der Waals surface area (Å²) in [4.78, 5) is 39.9. The maximum absolute atomic E-state index is 13.3. The minimum Gasteiger partial charge on any atom is -0.507 e. The molecule has 1 amide bonds. The first-order valence-electron chi connectivity index (χ1n) is 11.5. The van der Waals surface area contributed by atoms with Crippen molar-refractivity contribution in [3.05, 3.63) is 100 Å². The number of likely N-dealkylation sites (tertiary alicyclic amines) is 1. The summed E-state index contributed by atoms with van der Waals surface area (Å²) in [6, 6.07) is 17.8. The lowest BCUT2D eigenvalue weighted by Gasteiger charge is -2.26. The van der Waals surface area contributed by atoms with E-state index in [-0.39, 0.29) is 17.9 Å². The third kappa shape index (κ3) is 4.91. The van der Waals surface area contributed by atoms with Gasteiger partial charge >= 0.3 is 5.97 Å². The van der Waals surface area contributed by atoms with Crippen LogP contribution in [0.4, 0.5) is 0 Å². The van der Waals surface area contributed by atoms with Gasteiger partial charge in [0.15, 0.2) is 0 Å². The van der Waals surface area contributed by atoms with Gasteiger partial charge in [-0.2, -0.15) is 0 Å². The molecule has 3 aromatic rings. The smallest absolute Gasteiger partial charge is 0.337 e. The third-order valence-corrected chi connectivity index (χ3v) is 6.37. The van der Waals surface area contributed by atoms with Gasteiger partial charge in [-0.3, -0.25) is 9.59 Å². The van der Waals surface area contributed by atoms with Crippen molar-refractivity contribution in [2.24, 2.45) is 0 Å². The maximum Gasteiger partial charge on any atom is 0.337 e. The van der Waals surface area contributed by atoms with Gasteiger partial charge < -0.3 is 24.2 Å². The lowest BCUT2D eigenvalue weighted by atomic mass is 9.93. The summed E-state index contributed by atoms with van der Waals surface area (Å²) in [7, 11) is 4.37. The van der Waals surface area contributed by atoms with Gasteiger partial charge in [-0.1, -0.05) is 24.3 Å². The zero-order valence-corrected chi connectivity index (χ0v) is 21.0. The molecule has 8 nitrogen and oxygen atoms in total. The van der Waals surface area contributed by atoms with Gasteiger partial charge in [0.2, 0.25) is 0 Å². The van der Waals surface area contributed by atoms with Crippen molar-refractivity contribution >= 4 is 23.4 Å².